The second-order valence-electron chi connectivity index (χ2n) is 6.47. The number of aromatic nitrogens is 4. The number of ether oxygens (including phenoxy) is 1. The second-order valence-corrected chi connectivity index (χ2v) is 6.47. The van der Waals surface area contributed by atoms with Crippen molar-refractivity contribution in [2.75, 3.05) is 36.6 Å². The Balaban J connectivity index is 1.92. The Bertz CT molecular complexity index is 946. The molecule has 2 heterocycles. The summed E-state index contributed by atoms with van der Waals surface area (Å²) in [6.45, 7) is 5.05. The molecule has 0 spiro atoms. The van der Waals surface area contributed by atoms with Crippen LogP contribution in [0.15, 0.2) is 24.3 Å². The molecule has 0 saturated heterocycles. The first kappa shape index (κ1) is 19.7. The van der Waals surface area contributed by atoms with Gasteiger partial charge in [0.25, 0.3) is 0 Å². The molecule has 28 heavy (non-hydrogen) atoms. The summed E-state index contributed by atoms with van der Waals surface area (Å²) in [5.74, 6) is 1.44. The van der Waals surface area contributed by atoms with Gasteiger partial charge in [0, 0.05) is 37.3 Å². The molecule has 1 atom stereocenters. The third-order valence-electron chi connectivity index (χ3n) is 4.20. The highest BCUT2D eigenvalue weighted by molar-refractivity contribution is 5.82. The fraction of sp³-hybridized carbons (Fsp3) is 0.368. The van der Waals surface area contributed by atoms with Gasteiger partial charge >= 0.3 is 0 Å². The number of nitrogens with two attached hydrogens (primary N) is 1. The van der Waals surface area contributed by atoms with Crippen LogP contribution >= 0.6 is 0 Å². The first-order valence-electron chi connectivity index (χ1n) is 9.04. The van der Waals surface area contributed by atoms with Crippen LogP contribution in [-0.4, -0.2) is 40.2 Å². The molecule has 148 valence electrons. The number of hydrogen-bond acceptors (Lipinski definition) is 8. The molecule has 0 aliphatic rings. The molecule has 3 rings (SSSR count). The zero-order valence-corrected chi connectivity index (χ0v) is 16.2. The Morgan fingerprint density at radius 3 is 2.75 bits per heavy atom. The quantitative estimate of drug-likeness (QED) is 0.507. The largest absolute Gasteiger partial charge is 0.385 e. The summed E-state index contributed by atoms with van der Waals surface area (Å²) in [6.07, 6.45) is 0.823. The molecule has 0 saturated carbocycles. The second kappa shape index (κ2) is 8.75. The topological polar surface area (TPSA) is 111 Å². The fourth-order valence-corrected chi connectivity index (χ4v) is 2.89. The van der Waals surface area contributed by atoms with Crippen molar-refractivity contribution in [3.63, 3.8) is 0 Å². The average molecular weight is 385 g/mol. The number of hydrogen-bond donors (Lipinski definition) is 3. The molecule has 0 aliphatic carbocycles. The zero-order chi connectivity index (χ0) is 20.1. The Morgan fingerprint density at radius 2 is 2.00 bits per heavy atom. The number of methoxy groups -OCH3 is 1. The van der Waals surface area contributed by atoms with E-state index >= 15 is 0 Å². The Kier molecular flexibility index (Phi) is 6.15. The lowest BCUT2D eigenvalue weighted by Gasteiger charge is -2.19. The Morgan fingerprint density at radius 1 is 1.18 bits per heavy atom. The molecule has 0 radical (unpaired) electrons. The maximum Gasteiger partial charge on any atom is 0.228 e. The zero-order valence-electron chi connectivity index (χ0n) is 16.2. The predicted octanol–water partition coefficient (Wildman–Crippen LogP) is 3.07. The van der Waals surface area contributed by atoms with E-state index in [2.05, 4.69) is 30.6 Å². The van der Waals surface area contributed by atoms with Gasteiger partial charge in [-0.15, -0.1) is 0 Å². The molecule has 0 bridgehead atoms. The van der Waals surface area contributed by atoms with Crippen LogP contribution in [0.2, 0.25) is 0 Å². The van der Waals surface area contributed by atoms with E-state index in [-0.39, 0.29) is 17.8 Å². The van der Waals surface area contributed by atoms with Crippen molar-refractivity contribution in [2.24, 2.45) is 0 Å². The number of fused-ring (bicyclic) bond motifs is 1. The minimum Gasteiger partial charge on any atom is -0.385 e. The van der Waals surface area contributed by atoms with Crippen LogP contribution in [0.1, 0.15) is 30.8 Å². The SMILES string of the molecule is COCCCNc1nc2cc(F)ccc2cc1[C@H](C)Nc1nc(C)nc(N)n1. The molecule has 0 amide bonds. The monoisotopic (exact) mass is 385 g/mol. The highest BCUT2D eigenvalue weighted by atomic mass is 19.1. The molecule has 0 aliphatic heterocycles. The highest BCUT2D eigenvalue weighted by Gasteiger charge is 2.16. The smallest absolute Gasteiger partial charge is 0.228 e. The van der Waals surface area contributed by atoms with Crippen molar-refractivity contribution < 1.29 is 9.13 Å². The van der Waals surface area contributed by atoms with Crippen molar-refractivity contribution in [2.45, 2.75) is 26.3 Å². The Hall–Kier alpha value is -3.07. The summed E-state index contributed by atoms with van der Waals surface area (Å²) in [7, 11) is 1.66. The van der Waals surface area contributed by atoms with Crippen molar-refractivity contribution in [3.8, 4) is 0 Å². The number of halogens is 1. The van der Waals surface area contributed by atoms with E-state index in [4.69, 9.17) is 10.5 Å². The van der Waals surface area contributed by atoms with E-state index in [9.17, 15) is 4.39 Å². The van der Waals surface area contributed by atoms with E-state index in [1.807, 2.05) is 13.0 Å². The van der Waals surface area contributed by atoms with E-state index in [1.165, 1.54) is 12.1 Å². The molecule has 8 nitrogen and oxygen atoms in total. The van der Waals surface area contributed by atoms with Gasteiger partial charge in [0.15, 0.2) is 0 Å². The van der Waals surface area contributed by atoms with Gasteiger partial charge in [0.1, 0.15) is 17.5 Å². The van der Waals surface area contributed by atoms with Crippen LogP contribution in [0, 0.1) is 12.7 Å². The maximum absolute atomic E-state index is 13.6. The number of rotatable bonds is 8. The first-order chi connectivity index (χ1) is 13.5. The van der Waals surface area contributed by atoms with Gasteiger partial charge < -0.3 is 21.1 Å². The molecule has 1 aromatic carbocycles. The molecular weight excluding hydrogens is 361 g/mol. The van der Waals surface area contributed by atoms with E-state index in [0.29, 0.717) is 36.3 Å². The summed E-state index contributed by atoms with van der Waals surface area (Å²) in [6, 6.07) is 6.37. The summed E-state index contributed by atoms with van der Waals surface area (Å²) >= 11 is 0. The predicted molar refractivity (Wildman–Crippen MR) is 108 cm³/mol. The van der Waals surface area contributed by atoms with Gasteiger partial charge in [-0.1, -0.05) is 0 Å². The van der Waals surface area contributed by atoms with Crippen molar-refractivity contribution in [1.29, 1.82) is 0 Å². The van der Waals surface area contributed by atoms with E-state index in [1.54, 1.807) is 20.1 Å². The lowest BCUT2D eigenvalue weighted by molar-refractivity contribution is 0.197. The summed E-state index contributed by atoms with van der Waals surface area (Å²) in [4.78, 5) is 17.0. The van der Waals surface area contributed by atoms with Gasteiger partial charge in [-0.05, 0) is 38.5 Å². The third-order valence-corrected chi connectivity index (χ3v) is 4.20. The van der Waals surface area contributed by atoms with Gasteiger partial charge in [0.2, 0.25) is 11.9 Å². The molecule has 4 N–H and O–H groups in total. The fourth-order valence-electron chi connectivity index (χ4n) is 2.89. The molecule has 3 aromatic rings. The number of benzene rings is 1. The minimum absolute atomic E-state index is 0.159. The van der Waals surface area contributed by atoms with Crippen LogP contribution in [0.3, 0.4) is 0 Å². The van der Waals surface area contributed by atoms with Gasteiger partial charge in [-0.25, -0.2) is 9.37 Å². The van der Waals surface area contributed by atoms with Gasteiger partial charge in [-0.3, -0.25) is 0 Å². The van der Waals surface area contributed by atoms with Crippen molar-refractivity contribution >= 4 is 28.6 Å². The standard InChI is InChI=1S/C19H24FN7O/c1-11(23-19-25-12(2)24-18(21)27-19)15-9-13-5-6-14(20)10-16(13)26-17(15)22-7-4-8-28-3/h5-6,9-11H,4,7-8H2,1-3H3,(H,22,26)(H3,21,23,24,25,27)/t11-/m0/s1. The van der Waals surface area contributed by atoms with E-state index in [0.717, 1.165) is 17.4 Å². The maximum atomic E-state index is 13.6. The van der Waals surface area contributed by atoms with Crippen LogP contribution in [0.25, 0.3) is 10.9 Å². The highest BCUT2D eigenvalue weighted by Crippen LogP contribution is 2.28. The molecule has 0 fully saturated rings. The molecular formula is C19H24FN7O. The molecule has 2 aromatic heterocycles. The van der Waals surface area contributed by atoms with Crippen LogP contribution in [0.4, 0.5) is 22.1 Å². The number of pyridine rings is 1. The number of nitrogen functional groups attached to an aromatic ring is 1. The average Bonchev–Trinajstić information content (AvgIpc) is 2.63. The van der Waals surface area contributed by atoms with Crippen molar-refractivity contribution in [3.05, 3.63) is 41.5 Å². The summed E-state index contributed by atoms with van der Waals surface area (Å²) in [5, 5.41) is 7.40. The number of nitrogens with zero attached hydrogens (tertiary/aromatic N) is 4. The van der Waals surface area contributed by atoms with Crippen LogP contribution in [0.5, 0.6) is 0 Å². The molecule has 0 unspecified atom stereocenters. The van der Waals surface area contributed by atoms with Crippen LogP contribution in [-0.2, 0) is 4.74 Å². The summed E-state index contributed by atoms with van der Waals surface area (Å²) < 4.78 is 18.7. The number of aryl methyl sites for hydroxylation is 1. The summed E-state index contributed by atoms with van der Waals surface area (Å²) in [5.41, 5.74) is 7.21. The lowest BCUT2D eigenvalue weighted by atomic mass is 10.1. The normalized spacial score (nSPS) is 12.1. The lowest BCUT2D eigenvalue weighted by Crippen LogP contribution is -2.16. The Labute approximate surface area is 162 Å². The van der Waals surface area contributed by atoms with Gasteiger partial charge in [0.05, 0.1) is 11.6 Å². The third kappa shape index (κ3) is 4.80. The molecule has 9 heteroatoms. The van der Waals surface area contributed by atoms with Gasteiger partial charge in [-0.2, -0.15) is 15.0 Å². The number of nitrogens with one attached hydrogen (secondary N) is 2. The minimum atomic E-state index is -0.319. The van der Waals surface area contributed by atoms with Crippen molar-refractivity contribution in [1.82, 2.24) is 19.9 Å². The van der Waals surface area contributed by atoms with E-state index < -0.39 is 0 Å². The first-order valence-corrected chi connectivity index (χ1v) is 9.04. The van der Waals surface area contributed by atoms with Crippen LogP contribution < -0.4 is 16.4 Å². The number of anilines is 3.